The fourth-order valence-corrected chi connectivity index (χ4v) is 2.19. The SMILES string of the molecule is CCOc1cccc(CNCc2ccccc2O)c1OC. The molecule has 4 heteroatoms. The molecule has 0 amide bonds. The van der Waals surface area contributed by atoms with E-state index < -0.39 is 0 Å². The van der Waals surface area contributed by atoms with E-state index in [1.165, 1.54) is 0 Å². The van der Waals surface area contributed by atoms with E-state index in [0.717, 1.165) is 22.6 Å². The molecule has 0 aromatic heterocycles. The molecule has 2 aromatic carbocycles. The van der Waals surface area contributed by atoms with E-state index in [1.807, 2.05) is 43.3 Å². The van der Waals surface area contributed by atoms with Crippen molar-refractivity contribution in [3.8, 4) is 17.2 Å². The Bertz CT molecular complexity index is 584. The molecule has 0 aliphatic heterocycles. The Morgan fingerprint density at radius 3 is 2.43 bits per heavy atom. The summed E-state index contributed by atoms with van der Waals surface area (Å²) in [6.45, 7) is 3.78. The maximum absolute atomic E-state index is 9.74. The Balaban J connectivity index is 2.03. The van der Waals surface area contributed by atoms with Crippen molar-refractivity contribution < 1.29 is 14.6 Å². The summed E-state index contributed by atoms with van der Waals surface area (Å²) in [5.74, 6) is 1.81. The molecule has 112 valence electrons. The highest BCUT2D eigenvalue weighted by Crippen LogP contribution is 2.31. The molecule has 4 nitrogen and oxygen atoms in total. The normalized spacial score (nSPS) is 10.4. The molecule has 21 heavy (non-hydrogen) atoms. The summed E-state index contributed by atoms with van der Waals surface area (Å²) in [5.41, 5.74) is 1.90. The van der Waals surface area contributed by atoms with Crippen LogP contribution in [0, 0.1) is 0 Å². The van der Waals surface area contributed by atoms with Gasteiger partial charge in [-0.05, 0) is 19.1 Å². The van der Waals surface area contributed by atoms with Gasteiger partial charge in [0.2, 0.25) is 0 Å². The highest BCUT2D eigenvalue weighted by atomic mass is 16.5. The van der Waals surface area contributed by atoms with Gasteiger partial charge in [0.05, 0.1) is 13.7 Å². The molecular weight excluding hydrogens is 266 g/mol. The summed E-state index contributed by atoms with van der Waals surface area (Å²) >= 11 is 0. The van der Waals surface area contributed by atoms with E-state index in [1.54, 1.807) is 13.2 Å². The van der Waals surface area contributed by atoms with Gasteiger partial charge in [-0.3, -0.25) is 0 Å². The molecule has 2 rings (SSSR count). The Hall–Kier alpha value is -2.20. The summed E-state index contributed by atoms with van der Waals surface area (Å²) in [7, 11) is 1.64. The van der Waals surface area contributed by atoms with Crippen molar-refractivity contribution in [2.45, 2.75) is 20.0 Å². The number of hydrogen-bond acceptors (Lipinski definition) is 4. The van der Waals surface area contributed by atoms with Crippen molar-refractivity contribution in [3.05, 3.63) is 53.6 Å². The molecule has 0 saturated carbocycles. The van der Waals surface area contributed by atoms with Crippen LogP contribution in [0.4, 0.5) is 0 Å². The van der Waals surface area contributed by atoms with Gasteiger partial charge in [-0.1, -0.05) is 30.3 Å². The molecule has 0 fully saturated rings. The Morgan fingerprint density at radius 1 is 1.00 bits per heavy atom. The average molecular weight is 287 g/mol. The monoisotopic (exact) mass is 287 g/mol. The predicted molar refractivity (Wildman–Crippen MR) is 82.8 cm³/mol. The van der Waals surface area contributed by atoms with E-state index in [2.05, 4.69) is 5.32 Å². The highest BCUT2D eigenvalue weighted by Gasteiger charge is 2.09. The first-order chi connectivity index (χ1) is 10.3. The van der Waals surface area contributed by atoms with Gasteiger partial charge in [0.15, 0.2) is 11.5 Å². The topological polar surface area (TPSA) is 50.7 Å². The molecule has 0 aliphatic carbocycles. The lowest BCUT2D eigenvalue weighted by atomic mass is 10.1. The van der Waals surface area contributed by atoms with Gasteiger partial charge in [-0.15, -0.1) is 0 Å². The molecule has 0 saturated heterocycles. The lowest BCUT2D eigenvalue weighted by Crippen LogP contribution is -2.13. The Kier molecular flexibility index (Phi) is 5.46. The zero-order valence-electron chi connectivity index (χ0n) is 12.4. The number of phenolic OH excluding ortho intramolecular Hbond substituents is 1. The van der Waals surface area contributed by atoms with Gasteiger partial charge in [-0.2, -0.15) is 0 Å². The minimum absolute atomic E-state index is 0.306. The van der Waals surface area contributed by atoms with Crippen LogP contribution in [0.25, 0.3) is 0 Å². The maximum Gasteiger partial charge on any atom is 0.165 e. The first kappa shape index (κ1) is 15.2. The summed E-state index contributed by atoms with van der Waals surface area (Å²) in [4.78, 5) is 0. The second kappa shape index (κ2) is 7.55. The fourth-order valence-electron chi connectivity index (χ4n) is 2.19. The Labute approximate surface area is 125 Å². The van der Waals surface area contributed by atoms with Crippen molar-refractivity contribution in [2.75, 3.05) is 13.7 Å². The number of rotatable bonds is 7. The van der Waals surface area contributed by atoms with Gasteiger partial charge >= 0.3 is 0 Å². The summed E-state index contributed by atoms with van der Waals surface area (Å²) < 4.78 is 11.0. The zero-order valence-corrected chi connectivity index (χ0v) is 12.4. The quantitative estimate of drug-likeness (QED) is 0.821. The minimum atomic E-state index is 0.306. The van der Waals surface area contributed by atoms with Gasteiger partial charge in [-0.25, -0.2) is 0 Å². The van der Waals surface area contributed by atoms with E-state index in [9.17, 15) is 5.11 Å². The van der Waals surface area contributed by atoms with E-state index in [-0.39, 0.29) is 0 Å². The fraction of sp³-hybridized carbons (Fsp3) is 0.294. The molecule has 0 radical (unpaired) electrons. The lowest BCUT2D eigenvalue weighted by molar-refractivity contribution is 0.308. The molecule has 0 spiro atoms. The first-order valence-electron chi connectivity index (χ1n) is 7.02. The third-order valence-corrected chi connectivity index (χ3v) is 3.19. The van der Waals surface area contributed by atoms with Gasteiger partial charge < -0.3 is 19.9 Å². The molecule has 2 aromatic rings. The molecule has 0 bridgehead atoms. The standard InChI is InChI=1S/C17H21NO3/c1-3-21-16-10-6-8-14(17(16)20-2)12-18-11-13-7-4-5-9-15(13)19/h4-10,18-19H,3,11-12H2,1-2H3. The van der Waals surface area contributed by atoms with Crippen molar-refractivity contribution in [3.63, 3.8) is 0 Å². The van der Waals surface area contributed by atoms with Crippen molar-refractivity contribution in [1.29, 1.82) is 0 Å². The number of aromatic hydroxyl groups is 1. The summed E-state index contributed by atoms with van der Waals surface area (Å²) in [5, 5.41) is 13.0. The number of hydrogen-bond donors (Lipinski definition) is 2. The largest absolute Gasteiger partial charge is 0.508 e. The summed E-state index contributed by atoms with van der Waals surface area (Å²) in [6, 6.07) is 13.2. The van der Waals surface area contributed by atoms with Gasteiger partial charge in [0.1, 0.15) is 5.75 Å². The Morgan fingerprint density at radius 2 is 1.71 bits per heavy atom. The van der Waals surface area contributed by atoms with Crippen LogP contribution in [0.15, 0.2) is 42.5 Å². The lowest BCUT2D eigenvalue weighted by Gasteiger charge is -2.14. The number of para-hydroxylation sites is 2. The predicted octanol–water partition coefficient (Wildman–Crippen LogP) is 3.09. The van der Waals surface area contributed by atoms with E-state index in [0.29, 0.717) is 25.4 Å². The number of phenols is 1. The van der Waals surface area contributed by atoms with Crippen LogP contribution in [-0.4, -0.2) is 18.8 Å². The van der Waals surface area contributed by atoms with Crippen LogP contribution in [0.1, 0.15) is 18.1 Å². The van der Waals surface area contributed by atoms with Crippen LogP contribution < -0.4 is 14.8 Å². The highest BCUT2D eigenvalue weighted by molar-refractivity contribution is 5.46. The third kappa shape index (κ3) is 3.89. The molecule has 0 heterocycles. The average Bonchev–Trinajstić information content (AvgIpc) is 2.50. The number of methoxy groups -OCH3 is 1. The van der Waals surface area contributed by atoms with E-state index >= 15 is 0 Å². The number of benzene rings is 2. The van der Waals surface area contributed by atoms with E-state index in [4.69, 9.17) is 9.47 Å². The van der Waals surface area contributed by atoms with Crippen LogP contribution in [0.3, 0.4) is 0 Å². The third-order valence-electron chi connectivity index (χ3n) is 3.19. The molecular formula is C17H21NO3. The van der Waals surface area contributed by atoms with Crippen LogP contribution in [0.5, 0.6) is 17.2 Å². The summed E-state index contributed by atoms with van der Waals surface area (Å²) in [6.07, 6.45) is 0. The number of nitrogens with one attached hydrogen (secondary N) is 1. The van der Waals surface area contributed by atoms with Gasteiger partial charge in [0.25, 0.3) is 0 Å². The molecule has 0 unspecified atom stereocenters. The van der Waals surface area contributed by atoms with Crippen LogP contribution in [-0.2, 0) is 13.1 Å². The first-order valence-corrected chi connectivity index (χ1v) is 7.02. The number of ether oxygens (including phenoxy) is 2. The van der Waals surface area contributed by atoms with Crippen molar-refractivity contribution in [2.24, 2.45) is 0 Å². The molecule has 0 atom stereocenters. The minimum Gasteiger partial charge on any atom is -0.508 e. The molecule has 2 N–H and O–H groups in total. The van der Waals surface area contributed by atoms with Gasteiger partial charge in [0, 0.05) is 24.2 Å². The molecule has 0 aliphatic rings. The second-order valence-corrected chi connectivity index (χ2v) is 4.61. The van der Waals surface area contributed by atoms with Crippen LogP contribution in [0.2, 0.25) is 0 Å². The van der Waals surface area contributed by atoms with Crippen LogP contribution >= 0.6 is 0 Å². The maximum atomic E-state index is 9.74. The van der Waals surface area contributed by atoms with Crippen molar-refractivity contribution in [1.82, 2.24) is 5.32 Å². The zero-order chi connectivity index (χ0) is 15.1. The van der Waals surface area contributed by atoms with Crippen molar-refractivity contribution >= 4 is 0 Å². The smallest absolute Gasteiger partial charge is 0.165 e. The second-order valence-electron chi connectivity index (χ2n) is 4.61.